The lowest BCUT2D eigenvalue weighted by atomic mass is 10.0. The Balaban J connectivity index is 1.06. The molecule has 9 rings (SSSR count). The number of H-pyrrole nitrogens is 2. The molecule has 5 heterocycles. The second-order valence-corrected chi connectivity index (χ2v) is 19.8. The minimum Gasteiger partial charge on any atom is -0.494 e. The maximum Gasteiger partial charge on any atom is 0.335 e. The number of hydrogen-bond donors (Lipinski definition) is 5. The number of aromatic nitrogens is 4. The van der Waals surface area contributed by atoms with Crippen LogP contribution in [0, 0.1) is 0 Å². The molecule has 3 aromatic heterocycles. The zero-order valence-electron chi connectivity index (χ0n) is 43.2. The molecule has 0 fully saturated rings. The molecule has 2 aliphatic rings. The maximum atomic E-state index is 12.0. The number of aromatic carboxylic acids is 3. The van der Waals surface area contributed by atoms with E-state index in [2.05, 4.69) is 29.0 Å². The van der Waals surface area contributed by atoms with Gasteiger partial charge in [-0.3, -0.25) is 0 Å². The van der Waals surface area contributed by atoms with Gasteiger partial charge in [0, 0.05) is 44.3 Å². The van der Waals surface area contributed by atoms with Gasteiger partial charge in [-0.2, -0.15) is 0 Å². The number of nitrogens with zero attached hydrogens (tertiary/aromatic N) is 2. The predicted molar refractivity (Wildman–Crippen MR) is 307 cm³/mol. The van der Waals surface area contributed by atoms with Crippen molar-refractivity contribution in [3.05, 3.63) is 161 Å². The molecule has 0 unspecified atom stereocenters. The third-order valence-electron chi connectivity index (χ3n) is 14.4. The Hall–Kier alpha value is -8.31. The van der Waals surface area contributed by atoms with Gasteiger partial charge in [0.2, 0.25) is 0 Å². The molecule has 0 atom stereocenters. The Kier molecular flexibility index (Phi) is 17.5. The molecule has 76 heavy (non-hydrogen) atoms. The van der Waals surface area contributed by atoms with Crippen LogP contribution in [-0.2, 0) is 0 Å². The van der Waals surface area contributed by atoms with E-state index in [4.69, 9.17) is 14.7 Å². The van der Waals surface area contributed by atoms with Crippen LogP contribution in [0.15, 0.2) is 121 Å². The molecule has 0 amide bonds. The number of hydrogen-bond acceptors (Lipinski definition) is 6. The third kappa shape index (κ3) is 12.8. The van der Waals surface area contributed by atoms with Crippen molar-refractivity contribution in [3.8, 4) is 50.3 Å². The van der Waals surface area contributed by atoms with Gasteiger partial charge in [-0.25, -0.2) is 24.4 Å². The van der Waals surface area contributed by atoms with E-state index < -0.39 is 17.9 Å². The van der Waals surface area contributed by atoms with Gasteiger partial charge in [-0.05, 0) is 126 Å². The van der Waals surface area contributed by atoms with Crippen LogP contribution >= 0.6 is 0 Å². The minimum atomic E-state index is -1.04. The number of carboxylic acids is 3. The van der Waals surface area contributed by atoms with Gasteiger partial charge in [0.1, 0.15) is 5.75 Å². The van der Waals surface area contributed by atoms with Crippen molar-refractivity contribution in [1.29, 1.82) is 0 Å². The van der Waals surface area contributed by atoms with Crippen molar-refractivity contribution in [2.24, 2.45) is 0 Å². The summed E-state index contributed by atoms with van der Waals surface area (Å²) < 4.78 is 6.29. The first kappa shape index (κ1) is 52.5. The lowest BCUT2D eigenvalue weighted by molar-refractivity contribution is 0.0686. The highest BCUT2D eigenvalue weighted by atomic mass is 16.5. The van der Waals surface area contributed by atoms with Crippen LogP contribution in [0.25, 0.3) is 90.9 Å². The topological polar surface area (TPSA) is 178 Å². The Morgan fingerprint density at radius 1 is 0.368 bits per heavy atom. The average Bonchev–Trinajstić information content (AvgIpc) is 4.30. The molecule has 388 valence electrons. The Morgan fingerprint density at radius 3 is 0.908 bits per heavy atom. The van der Waals surface area contributed by atoms with E-state index in [-0.39, 0.29) is 16.7 Å². The van der Waals surface area contributed by atoms with Crippen molar-refractivity contribution in [1.82, 2.24) is 19.9 Å². The lowest BCUT2D eigenvalue weighted by Gasteiger charge is -2.09. The number of rotatable bonds is 25. The van der Waals surface area contributed by atoms with Crippen LogP contribution < -0.4 is 4.74 Å². The van der Waals surface area contributed by atoms with Crippen LogP contribution in [0.1, 0.15) is 164 Å². The van der Waals surface area contributed by atoms with Gasteiger partial charge in [0.15, 0.2) is 0 Å². The molecule has 0 saturated heterocycles. The van der Waals surface area contributed by atoms with Crippen molar-refractivity contribution < 1.29 is 34.4 Å². The first-order valence-corrected chi connectivity index (χ1v) is 27.1. The predicted octanol–water partition coefficient (Wildman–Crippen LogP) is 17.1. The summed E-state index contributed by atoms with van der Waals surface area (Å²) >= 11 is 0. The number of aromatic amines is 2. The summed E-state index contributed by atoms with van der Waals surface area (Å²) in [6.07, 6.45) is 28.9. The van der Waals surface area contributed by atoms with E-state index in [1.165, 1.54) is 89.9 Å². The zero-order chi connectivity index (χ0) is 52.8. The van der Waals surface area contributed by atoms with Crippen LogP contribution in [-0.4, -0.2) is 59.8 Å². The molecule has 0 saturated carbocycles. The second-order valence-electron chi connectivity index (χ2n) is 19.8. The zero-order valence-corrected chi connectivity index (χ0v) is 43.2. The molecule has 2 aliphatic heterocycles. The number of benzene rings is 4. The highest BCUT2D eigenvalue weighted by molar-refractivity contribution is 6.01. The average molecular weight is 1020 g/mol. The minimum absolute atomic E-state index is 0.142. The number of fused-ring (bicyclic) bond motifs is 8. The van der Waals surface area contributed by atoms with Gasteiger partial charge in [0.25, 0.3) is 0 Å². The summed E-state index contributed by atoms with van der Waals surface area (Å²) in [4.78, 5) is 53.9. The second kappa shape index (κ2) is 25.3. The van der Waals surface area contributed by atoms with Gasteiger partial charge >= 0.3 is 17.9 Å². The van der Waals surface area contributed by atoms with Crippen LogP contribution in [0.2, 0.25) is 0 Å². The number of unbranched alkanes of at least 4 members (excludes halogenated alkanes) is 15. The van der Waals surface area contributed by atoms with Crippen LogP contribution in [0.4, 0.5) is 0 Å². The van der Waals surface area contributed by atoms with Gasteiger partial charge in [-0.15, -0.1) is 0 Å². The Bertz CT molecular complexity index is 3350. The highest BCUT2D eigenvalue weighted by Gasteiger charge is 2.20. The summed E-state index contributed by atoms with van der Waals surface area (Å²) in [5.74, 6) is -2.31. The molecule has 0 spiro atoms. The first-order chi connectivity index (χ1) is 37.1. The number of nitrogens with one attached hydrogen (secondary N) is 2. The van der Waals surface area contributed by atoms with Crippen molar-refractivity contribution >= 4 is 64.3 Å². The Morgan fingerprint density at radius 2 is 0.632 bits per heavy atom. The summed E-state index contributed by atoms with van der Waals surface area (Å²) in [5, 5.41) is 29.4. The summed E-state index contributed by atoms with van der Waals surface area (Å²) in [6.45, 7) is 2.92. The van der Waals surface area contributed by atoms with Crippen molar-refractivity contribution in [2.45, 2.75) is 110 Å². The fraction of sp³-hybridized carbons (Fsp3) is 0.277. The molecular formula is C65H66N4O7. The monoisotopic (exact) mass is 1010 g/mol. The molecule has 4 aromatic carbocycles. The van der Waals surface area contributed by atoms with Crippen molar-refractivity contribution in [3.63, 3.8) is 0 Å². The van der Waals surface area contributed by atoms with Crippen LogP contribution in [0.3, 0.4) is 0 Å². The van der Waals surface area contributed by atoms with Crippen LogP contribution in [0.5, 0.6) is 5.75 Å². The summed E-state index contributed by atoms with van der Waals surface area (Å²) in [6, 6.07) is 36.2. The van der Waals surface area contributed by atoms with Crippen molar-refractivity contribution in [2.75, 3.05) is 6.61 Å². The van der Waals surface area contributed by atoms with Gasteiger partial charge in [-0.1, -0.05) is 152 Å². The molecule has 5 N–H and O–H groups in total. The lowest BCUT2D eigenvalue weighted by Crippen LogP contribution is -1.97. The fourth-order valence-electron chi connectivity index (χ4n) is 10.3. The largest absolute Gasteiger partial charge is 0.494 e. The molecule has 11 heteroatoms. The Labute approximate surface area is 444 Å². The van der Waals surface area contributed by atoms with E-state index >= 15 is 0 Å². The number of carbonyl (C=O) groups is 3. The molecular weight excluding hydrogens is 949 g/mol. The van der Waals surface area contributed by atoms with E-state index in [9.17, 15) is 29.7 Å². The molecule has 0 radical (unpaired) electrons. The summed E-state index contributed by atoms with van der Waals surface area (Å²) in [5.41, 5.74) is 12.1. The third-order valence-corrected chi connectivity index (χ3v) is 14.4. The van der Waals surface area contributed by atoms with E-state index in [1.54, 1.807) is 72.8 Å². The summed E-state index contributed by atoms with van der Waals surface area (Å²) in [7, 11) is 0. The molecule has 8 bridgehead atoms. The smallest absolute Gasteiger partial charge is 0.335 e. The quantitative estimate of drug-likeness (QED) is 0.0348. The van der Waals surface area contributed by atoms with Gasteiger partial charge in [0.05, 0.1) is 46.1 Å². The van der Waals surface area contributed by atoms with Gasteiger partial charge < -0.3 is 30.0 Å². The number of ether oxygens (including phenoxy) is 1. The normalized spacial score (nSPS) is 11.8. The van der Waals surface area contributed by atoms with E-state index in [0.29, 0.717) is 46.0 Å². The molecule has 11 nitrogen and oxygen atoms in total. The standard InChI is InChI=1S/C65H66N4O7/c1-2-3-4-5-6-7-8-9-10-11-12-13-14-15-16-17-42-76-50-32-30-46(31-33-50)62-57-40-38-55(68-57)60(44-20-26-48(27-21-44)64(72)73)53-36-34-51(66-53)59(43-18-24-47(25-19-43)63(70)71)52-35-37-54(67-52)61(56-39-41-58(62)69-56)45-22-28-49(29-23-45)65(74)75/h18-41,66,69H,2-17,42H2,1H3,(H,70,71)(H,72,73)(H,74,75). The SMILES string of the molecule is CCCCCCCCCCCCCCCCCCOc1ccc(-c2c3nc(c(-c4ccc(C(=O)O)cc4)c4ccc([nH]4)c(-c4ccc(C(=O)O)cc4)c4nc(c(-c5ccc(C(=O)O)cc5)c5ccc2[nH]5)C=C4)C=C3)cc1. The molecule has 7 aromatic rings. The fourth-order valence-corrected chi connectivity index (χ4v) is 10.3. The van der Waals surface area contributed by atoms with E-state index in [1.807, 2.05) is 60.7 Å². The highest BCUT2D eigenvalue weighted by Crippen LogP contribution is 2.39. The molecule has 0 aliphatic carbocycles. The maximum absolute atomic E-state index is 12.0. The van der Waals surface area contributed by atoms with E-state index in [0.717, 1.165) is 68.6 Å². The first-order valence-electron chi connectivity index (χ1n) is 27.1. The number of carboxylic acid groups (broad SMARTS) is 3.